The van der Waals surface area contributed by atoms with E-state index in [1.807, 2.05) is 19.1 Å². The van der Waals surface area contributed by atoms with Crippen LogP contribution in [0.15, 0.2) is 65.7 Å². The van der Waals surface area contributed by atoms with Gasteiger partial charge in [0.2, 0.25) is 15.9 Å². The molecule has 0 aliphatic rings. The number of nitrogens with one attached hydrogen (secondary N) is 2. The van der Waals surface area contributed by atoms with Gasteiger partial charge in [0, 0.05) is 30.5 Å². The highest BCUT2D eigenvalue weighted by Crippen LogP contribution is 2.16. The van der Waals surface area contributed by atoms with E-state index in [9.17, 15) is 17.6 Å². The summed E-state index contributed by atoms with van der Waals surface area (Å²) in [6.45, 7) is 1.84. The van der Waals surface area contributed by atoms with Crippen molar-refractivity contribution in [2.75, 3.05) is 11.9 Å². The van der Waals surface area contributed by atoms with Gasteiger partial charge in [0.05, 0.1) is 10.6 Å². The first kappa shape index (κ1) is 19.7. The van der Waals surface area contributed by atoms with Crippen LogP contribution in [0.3, 0.4) is 0 Å². The minimum Gasteiger partial charge on any atom is -0.326 e. The number of nitrogens with zero attached hydrogens (tertiary/aromatic N) is 2. The minimum atomic E-state index is -3.79. The second-order valence-corrected chi connectivity index (χ2v) is 7.85. The van der Waals surface area contributed by atoms with Gasteiger partial charge in [-0.3, -0.25) is 4.79 Å². The lowest BCUT2D eigenvalue weighted by atomic mass is 10.2. The van der Waals surface area contributed by atoms with Crippen molar-refractivity contribution in [1.29, 1.82) is 0 Å². The topological polar surface area (TPSA) is 93.1 Å². The molecule has 9 heteroatoms. The number of halogens is 1. The molecule has 0 fully saturated rings. The second-order valence-electron chi connectivity index (χ2n) is 6.08. The van der Waals surface area contributed by atoms with Crippen molar-refractivity contribution in [3.63, 3.8) is 0 Å². The van der Waals surface area contributed by atoms with Gasteiger partial charge < -0.3 is 5.32 Å². The molecule has 0 atom stereocenters. The van der Waals surface area contributed by atoms with Crippen LogP contribution in [0, 0.1) is 12.7 Å². The lowest BCUT2D eigenvalue weighted by Crippen LogP contribution is -2.27. The van der Waals surface area contributed by atoms with Crippen molar-refractivity contribution in [3.8, 4) is 5.69 Å². The number of carbonyl (C=O) groups excluding carboxylic acids is 1. The van der Waals surface area contributed by atoms with Crippen molar-refractivity contribution in [3.05, 3.63) is 72.3 Å². The fourth-order valence-corrected chi connectivity index (χ4v) is 3.61. The monoisotopic (exact) mass is 402 g/mol. The molecule has 1 amide bonds. The molecular formula is C19H19FN4O3S. The molecular weight excluding hydrogens is 383 g/mol. The van der Waals surface area contributed by atoms with Crippen LogP contribution >= 0.6 is 0 Å². The summed E-state index contributed by atoms with van der Waals surface area (Å²) in [4.78, 5) is 12.1. The predicted octanol–water partition coefficient (Wildman–Crippen LogP) is 2.63. The Labute approximate surface area is 162 Å². The van der Waals surface area contributed by atoms with Gasteiger partial charge in [-0.1, -0.05) is 6.07 Å². The van der Waals surface area contributed by atoms with E-state index in [1.54, 1.807) is 29.1 Å². The second kappa shape index (κ2) is 8.32. The van der Waals surface area contributed by atoms with Crippen molar-refractivity contribution in [1.82, 2.24) is 14.5 Å². The Morgan fingerprint density at radius 1 is 1.14 bits per heavy atom. The third kappa shape index (κ3) is 4.81. The average molecular weight is 402 g/mol. The van der Waals surface area contributed by atoms with Gasteiger partial charge in [0.25, 0.3) is 0 Å². The number of anilines is 1. The molecule has 3 rings (SSSR count). The van der Waals surface area contributed by atoms with Crippen LogP contribution in [0.5, 0.6) is 0 Å². The van der Waals surface area contributed by atoms with Crippen LogP contribution in [-0.2, 0) is 14.8 Å². The Morgan fingerprint density at radius 3 is 2.57 bits per heavy atom. The number of benzene rings is 2. The summed E-state index contributed by atoms with van der Waals surface area (Å²) >= 11 is 0. The zero-order valence-corrected chi connectivity index (χ0v) is 15.9. The van der Waals surface area contributed by atoms with E-state index in [-0.39, 0.29) is 23.8 Å². The first-order chi connectivity index (χ1) is 13.3. The molecule has 0 saturated carbocycles. The van der Waals surface area contributed by atoms with Crippen LogP contribution in [0.1, 0.15) is 12.1 Å². The Kier molecular flexibility index (Phi) is 5.86. The fourth-order valence-electron chi connectivity index (χ4n) is 2.57. The SMILES string of the molecule is Cc1ccnn1-c1cccc(NC(=O)CCNS(=O)(=O)c2ccc(F)cc2)c1. The van der Waals surface area contributed by atoms with Crippen LogP contribution in [0.25, 0.3) is 5.69 Å². The molecule has 3 aromatic rings. The van der Waals surface area contributed by atoms with Gasteiger partial charge in [-0.15, -0.1) is 0 Å². The first-order valence-corrected chi connectivity index (χ1v) is 10.00. The number of aromatic nitrogens is 2. The maximum absolute atomic E-state index is 12.9. The molecule has 0 radical (unpaired) electrons. The molecule has 0 aliphatic heterocycles. The lowest BCUT2D eigenvalue weighted by Gasteiger charge is -2.10. The smallest absolute Gasteiger partial charge is 0.240 e. The van der Waals surface area contributed by atoms with E-state index in [0.29, 0.717) is 5.69 Å². The zero-order valence-electron chi connectivity index (χ0n) is 15.1. The van der Waals surface area contributed by atoms with Gasteiger partial charge in [-0.25, -0.2) is 22.2 Å². The van der Waals surface area contributed by atoms with Gasteiger partial charge in [-0.2, -0.15) is 5.10 Å². The Morgan fingerprint density at radius 2 is 1.89 bits per heavy atom. The average Bonchev–Trinajstić information content (AvgIpc) is 3.08. The molecule has 28 heavy (non-hydrogen) atoms. The number of carbonyl (C=O) groups is 1. The Bertz CT molecular complexity index is 1080. The molecule has 0 bridgehead atoms. The summed E-state index contributed by atoms with van der Waals surface area (Å²) in [5.74, 6) is -0.859. The normalized spacial score (nSPS) is 11.4. The van der Waals surface area contributed by atoms with Crippen molar-refractivity contribution in [2.24, 2.45) is 0 Å². The highest BCUT2D eigenvalue weighted by Gasteiger charge is 2.14. The molecule has 146 valence electrons. The first-order valence-electron chi connectivity index (χ1n) is 8.51. The lowest BCUT2D eigenvalue weighted by molar-refractivity contribution is -0.116. The molecule has 0 saturated heterocycles. The number of sulfonamides is 1. The number of hydrogen-bond donors (Lipinski definition) is 2. The summed E-state index contributed by atoms with van der Waals surface area (Å²) in [7, 11) is -3.79. The molecule has 0 unspecified atom stereocenters. The van der Waals surface area contributed by atoms with E-state index < -0.39 is 15.8 Å². The Balaban J connectivity index is 1.56. The molecule has 2 aromatic carbocycles. The van der Waals surface area contributed by atoms with Crippen molar-refractivity contribution < 1.29 is 17.6 Å². The van der Waals surface area contributed by atoms with Gasteiger partial charge in [0.15, 0.2) is 0 Å². The predicted molar refractivity (Wildman–Crippen MR) is 103 cm³/mol. The quantitative estimate of drug-likeness (QED) is 0.635. The van der Waals surface area contributed by atoms with E-state index in [0.717, 1.165) is 23.5 Å². The van der Waals surface area contributed by atoms with E-state index >= 15 is 0 Å². The molecule has 7 nitrogen and oxygen atoms in total. The van der Waals surface area contributed by atoms with Gasteiger partial charge in [0.1, 0.15) is 5.82 Å². The van der Waals surface area contributed by atoms with Crippen LogP contribution in [-0.4, -0.2) is 30.7 Å². The third-order valence-electron chi connectivity index (χ3n) is 3.97. The molecule has 2 N–H and O–H groups in total. The third-order valence-corrected chi connectivity index (χ3v) is 5.45. The number of rotatable bonds is 7. The van der Waals surface area contributed by atoms with Crippen molar-refractivity contribution >= 4 is 21.6 Å². The van der Waals surface area contributed by atoms with Crippen molar-refractivity contribution in [2.45, 2.75) is 18.2 Å². The molecule has 0 spiro atoms. The maximum atomic E-state index is 12.9. The summed E-state index contributed by atoms with van der Waals surface area (Å²) in [5, 5.41) is 6.95. The van der Waals surface area contributed by atoms with Crippen LogP contribution in [0.4, 0.5) is 10.1 Å². The number of hydrogen-bond acceptors (Lipinski definition) is 4. The highest BCUT2D eigenvalue weighted by molar-refractivity contribution is 7.89. The molecule has 1 heterocycles. The summed E-state index contributed by atoms with van der Waals surface area (Å²) < 4.78 is 41.2. The van der Waals surface area contributed by atoms with Gasteiger partial charge in [-0.05, 0) is 55.5 Å². The largest absolute Gasteiger partial charge is 0.326 e. The standard InChI is InChI=1S/C19H19FN4O3S/c1-14-9-11-21-24(14)17-4-2-3-16(13-17)23-19(25)10-12-22-28(26,27)18-7-5-15(20)6-8-18/h2-9,11,13,22H,10,12H2,1H3,(H,23,25). The van der Waals surface area contributed by atoms with Crippen LogP contribution in [0.2, 0.25) is 0 Å². The maximum Gasteiger partial charge on any atom is 0.240 e. The van der Waals surface area contributed by atoms with E-state index in [1.165, 1.54) is 12.1 Å². The summed E-state index contributed by atoms with van der Waals surface area (Å²) in [5.41, 5.74) is 2.34. The van der Waals surface area contributed by atoms with Gasteiger partial charge >= 0.3 is 0 Å². The zero-order chi connectivity index (χ0) is 20.1. The number of aryl methyl sites for hydroxylation is 1. The number of amides is 1. The summed E-state index contributed by atoms with van der Waals surface area (Å²) in [6.07, 6.45) is 1.64. The van der Waals surface area contributed by atoms with E-state index in [2.05, 4.69) is 15.1 Å². The molecule has 1 aromatic heterocycles. The highest BCUT2D eigenvalue weighted by atomic mass is 32.2. The van der Waals surface area contributed by atoms with E-state index in [4.69, 9.17) is 0 Å². The van der Waals surface area contributed by atoms with Crippen LogP contribution < -0.4 is 10.0 Å². The molecule has 0 aliphatic carbocycles. The summed E-state index contributed by atoms with van der Waals surface area (Å²) in [6, 6.07) is 13.5. The Hall–Kier alpha value is -3.04. The minimum absolute atomic E-state index is 0.0501. The fraction of sp³-hybridized carbons (Fsp3) is 0.158.